The molecular formula is C26H30FN3O2S. The zero-order chi connectivity index (χ0) is 23.3. The van der Waals surface area contributed by atoms with Gasteiger partial charge in [0.15, 0.2) is 0 Å². The van der Waals surface area contributed by atoms with Crippen LogP contribution in [0.25, 0.3) is 10.2 Å². The van der Waals surface area contributed by atoms with Crippen LogP contribution < -0.4 is 5.32 Å². The van der Waals surface area contributed by atoms with Crippen LogP contribution in [0.3, 0.4) is 0 Å². The van der Waals surface area contributed by atoms with E-state index in [4.69, 9.17) is 0 Å². The van der Waals surface area contributed by atoms with Crippen molar-refractivity contribution in [1.29, 1.82) is 0 Å². The van der Waals surface area contributed by atoms with Crippen molar-refractivity contribution in [3.05, 3.63) is 58.9 Å². The molecule has 0 saturated heterocycles. The second-order valence-corrected chi connectivity index (χ2v) is 10.9. The first-order valence-electron chi connectivity index (χ1n) is 11.7. The van der Waals surface area contributed by atoms with Crippen LogP contribution in [0.2, 0.25) is 0 Å². The molecule has 174 valence electrons. The number of amides is 2. The Morgan fingerprint density at radius 1 is 1.21 bits per heavy atom. The molecule has 1 aromatic carbocycles. The monoisotopic (exact) mass is 467 g/mol. The van der Waals surface area contributed by atoms with Crippen LogP contribution in [0.15, 0.2) is 41.8 Å². The summed E-state index contributed by atoms with van der Waals surface area (Å²) < 4.78 is 16.5. The van der Waals surface area contributed by atoms with Crippen LogP contribution in [0.5, 0.6) is 0 Å². The maximum Gasteiger partial charge on any atom is 0.271 e. The highest BCUT2D eigenvalue weighted by molar-refractivity contribution is 7.17. The lowest BCUT2D eigenvalue weighted by molar-refractivity contribution is -0.134. The molecule has 1 saturated carbocycles. The van der Waals surface area contributed by atoms with Crippen molar-refractivity contribution in [1.82, 2.24) is 14.8 Å². The predicted molar refractivity (Wildman–Crippen MR) is 129 cm³/mol. The van der Waals surface area contributed by atoms with Gasteiger partial charge in [-0.05, 0) is 60.4 Å². The van der Waals surface area contributed by atoms with E-state index in [-0.39, 0.29) is 30.2 Å². The van der Waals surface area contributed by atoms with Gasteiger partial charge in [0.05, 0.1) is 16.8 Å². The largest absolute Gasteiger partial charge is 0.351 e. The van der Waals surface area contributed by atoms with Gasteiger partial charge in [0, 0.05) is 12.6 Å². The van der Waals surface area contributed by atoms with Crippen LogP contribution in [-0.4, -0.2) is 32.9 Å². The highest BCUT2D eigenvalue weighted by Crippen LogP contribution is 2.36. The van der Waals surface area contributed by atoms with Crippen molar-refractivity contribution in [3.8, 4) is 0 Å². The van der Waals surface area contributed by atoms with E-state index < -0.39 is 5.54 Å². The normalized spacial score (nSPS) is 27.6. The van der Waals surface area contributed by atoms with E-state index in [1.165, 1.54) is 18.6 Å². The van der Waals surface area contributed by atoms with Gasteiger partial charge >= 0.3 is 0 Å². The summed E-state index contributed by atoms with van der Waals surface area (Å²) in [6.07, 6.45) is 3.24. The van der Waals surface area contributed by atoms with Gasteiger partial charge in [0.2, 0.25) is 5.91 Å². The molecule has 1 N–H and O–H groups in total. The molecule has 4 atom stereocenters. The summed E-state index contributed by atoms with van der Waals surface area (Å²) in [6, 6.07) is 10.2. The highest BCUT2D eigenvalue weighted by Gasteiger charge is 2.48. The summed E-state index contributed by atoms with van der Waals surface area (Å²) in [7, 11) is 0. The molecule has 0 radical (unpaired) electrons. The lowest BCUT2D eigenvalue weighted by Gasteiger charge is -2.45. The van der Waals surface area contributed by atoms with Crippen LogP contribution >= 0.6 is 11.3 Å². The van der Waals surface area contributed by atoms with E-state index in [0.717, 1.165) is 28.6 Å². The Kier molecular flexibility index (Phi) is 5.55. The molecule has 2 amide bonds. The van der Waals surface area contributed by atoms with Crippen molar-refractivity contribution in [2.24, 2.45) is 11.8 Å². The number of rotatable bonds is 4. The molecule has 2 aromatic heterocycles. The maximum atomic E-state index is 13.9. The fraction of sp³-hybridized carbons (Fsp3) is 0.462. The van der Waals surface area contributed by atoms with Gasteiger partial charge in [0.25, 0.3) is 5.91 Å². The van der Waals surface area contributed by atoms with Crippen molar-refractivity contribution >= 4 is 33.4 Å². The molecule has 2 aliphatic rings. The molecule has 5 nitrogen and oxygen atoms in total. The Morgan fingerprint density at radius 3 is 2.73 bits per heavy atom. The van der Waals surface area contributed by atoms with E-state index in [1.807, 2.05) is 29.0 Å². The number of benzene rings is 1. The van der Waals surface area contributed by atoms with Gasteiger partial charge in [-0.15, -0.1) is 11.3 Å². The minimum Gasteiger partial charge on any atom is -0.351 e. The lowest BCUT2D eigenvalue weighted by atomic mass is 9.77. The van der Waals surface area contributed by atoms with Crippen LogP contribution in [0.4, 0.5) is 4.39 Å². The summed E-state index contributed by atoms with van der Waals surface area (Å²) in [4.78, 5) is 29.3. The van der Waals surface area contributed by atoms with E-state index >= 15 is 0 Å². The van der Waals surface area contributed by atoms with Gasteiger partial charge in [0.1, 0.15) is 17.1 Å². The second-order valence-electron chi connectivity index (χ2n) is 9.92. The maximum absolute atomic E-state index is 13.9. The van der Waals surface area contributed by atoms with Crippen molar-refractivity contribution < 1.29 is 14.0 Å². The zero-order valence-corrected chi connectivity index (χ0v) is 20.1. The Bertz CT molecular complexity index is 1200. The molecule has 5 rings (SSSR count). The van der Waals surface area contributed by atoms with Crippen molar-refractivity contribution in [3.63, 3.8) is 0 Å². The van der Waals surface area contributed by atoms with Gasteiger partial charge < -0.3 is 14.8 Å². The Morgan fingerprint density at radius 2 is 1.97 bits per heavy atom. The third-order valence-corrected chi connectivity index (χ3v) is 8.67. The summed E-state index contributed by atoms with van der Waals surface area (Å²) in [6.45, 7) is 6.95. The number of carbonyl (C=O) groups excluding carboxylic acids is 2. The number of aromatic nitrogens is 1. The molecule has 33 heavy (non-hydrogen) atoms. The average Bonchev–Trinajstić information content (AvgIpc) is 3.38. The summed E-state index contributed by atoms with van der Waals surface area (Å²) in [5, 5.41) is 5.33. The van der Waals surface area contributed by atoms with Crippen LogP contribution in [-0.2, 0) is 17.9 Å². The smallest absolute Gasteiger partial charge is 0.271 e. The predicted octanol–water partition coefficient (Wildman–Crippen LogP) is 5.20. The summed E-state index contributed by atoms with van der Waals surface area (Å²) in [5.74, 6) is 0.338. The minimum atomic E-state index is -1.06. The number of nitrogens with one attached hydrogen (secondary N) is 1. The number of hydrogen-bond donors (Lipinski definition) is 1. The molecule has 0 bridgehead atoms. The Hall–Kier alpha value is -2.67. The number of halogens is 1. The van der Waals surface area contributed by atoms with E-state index in [9.17, 15) is 14.0 Å². The minimum absolute atomic E-state index is 0.105. The lowest BCUT2D eigenvalue weighted by Crippen LogP contribution is -2.65. The third kappa shape index (κ3) is 3.76. The van der Waals surface area contributed by atoms with Gasteiger partial charge in [-0.25, -0.2) is 4.39 Å². The molecule has 1 aliphatic heterocycles. The molecular weight excluding hydrogens is 437 g/mol. The SMILES string of the molecule is C[C@H]1[C@H](C)CCC[C@@H]1NC(=O)[C@@]1(C)Cn2c(cc3sccc32)C(=O)N1Cc1ccc(F)cc1. The molecule has 1 aliphatic carbocycles. The fourth-order valence-corrected chi connectivity index (χ4v) is 6.23. The average molecular weight is 468 g/mol. The standard InChI is InChI=1S/C26H30FN3O2S/c1-16-5-4-6-20(17(16)2)28-25(32)26(3)15-29-21-11-12-33-23(21)13-22(29)24(31)30(26)14-18-7-9-19(27)10-8-18/h7-13,16-17,20H,4-6,14-15H2,1-3H3,(H,28,32)/t16-,17+,20+,26-/m1/s1. The molecule has 1 fully saturated rings. The van der Waals surface area contributed by atoms with Crippen LogP contribution in [0, 0.1) is 17.7 Å². The van der Waals surface area contributed by atoms with Crippen molar-refractivity contribution in [2.75, 3.05) is 0 Å². The molecule has 0 spiro atoms. The number of thiophene rings is 1. The van der Waals surface area contributed by atoms with E-state index in [2.05, 4.69) is 19.2 Å². The van der Waals surface area contributed by atoms with E-state index in [1.54, 1.807) is 28.4 Å². The quantitative estimate of drug-likeness (QED) is 0.574. The Labute approximate surface area is 197 Å². The number of carbonyl (C=O) groups is 2. The first-order chi connectivity index (χ1) is 15.8. The summed E-state index contributed by atoms with van der Waals surface area (Å²) >= 11 is 1.59. The number of nitrogens with zero attached hydrogens (tertiary/aromatic N) is 2. The molecule has 7 heteroatoms. The van der Waals surface area contributed by atoms with Gasteiger partial charge in [-0.3, -0.25) is 9.59 Å². The first-order valence-corrected chi connectivity index (χ1v) is 12.6. The molecule has 3 heterocycles. The highest BCUT2D eigenvalue weighted by atomic mass is 32.1. The molecule has 3 aromatic rings. The van der Waals surface area contributed by atoms with E-state index in [0.29, 0.717) is 24.1 Å². The van der Waals surface area contributed by atoms with Crippen LogP contribution in [0.1, 0.15) is 56.1 Å². The molecule has 0 unspecified atom stereocenters. The first kappa shape index (κ1) is 22.1. The van der Waals surface area contributed by atoms with Crippen molar-refractivity contribution in [2.45, 2.75) is 64.7 Å². The zero-order valence-electron chi connectivity index (χ0n) is 19.3. The van der Waals surface area contributed by atoms with Gasteiger partial charge in [-0.2, -0.15) is 0 Å². The second kappa shape index (κ2) is 8.28. The number of fused-ring (bicyclic) bond motifs is 3. The topological polar surface area (TPSA) is 54.3 Å². The number of hydrogen-bond acceptors (Lipinski definition) is 3. The van der Waals surface area contributed by atoms with Gasteiger partial charge in [-0.1, -0.05) is 38.8 Å². The Balaban J connectivity index is 1.52. The third-order valence-electron chi connectivity index (χ3n) is 7.82. The fourth-order valence-electron chi connectivity index (χ4n) is 5.40. The summed E-state index contributed by atoms with van der Waals surface area (Å²) in [5.41, 5.74) is 1.32.